The first-order valence-electron chi connectivity index (χ1n) is 13.6. The standard InChI is InChI=1S/C32H33F2N3O4/c1-21-31(26-17-25(40-3)10-11-30(26)41-21)32(39)36-15-14-35(19-23-8-5-4-6-9-23)12-7-13-37(22(2)38)29-18-28(34)27(33)16-24(29)20-36/h4-6,8-11,16-18H,7,12-15,19-20H2,1-3H3. The molecule has 0 atom stereocenters. The lowest BCUT2D eigenvalue weighted by atomic mass is 10.1. The number of carbonyl (C=O) groups is 2. The third-order valence-electron chi connectivity index (χ3n) is 7.52. The first-order valence-corrected chi connectivity index (χ1v) is 13.6. The lowest BCUT2D eigenvalue weighted by Gasteiger charge is -2.28. The second-order valence-corrected chi connectivity index (χ2v) is 10.3. The van der Waals surface area contributed by atoms with Crippen LogP contribution in [-0.2, 0) is 17.9 Å². The molecule has 7 nitrogen and oxygen atoms in total. The van der Waals surface area contributed by atoms with Crippen LogP contribution in [0.4, 0.5) is 14.5 Å². The van der Waals surface area contributed by atoms with E-state index in [-0.39, 0.29) is 24.0 Å². The Morgan fingerprint density at radius 2 is 1.71 bits per heavy atom. The summed E-state index contributed by atoms with van der Waals surface area (Å²) in [6, 6.07) is 17.4. The zero-order valence-electron chi connectivity index (χ0n) is 23.5. The number of anilines is 1. The number of rotatable bonds is 4. The number of ether oxygens (including phenoxy) is 1. The zero-order chi connectivity index (χ0) is 29.1. The number of amides is 2. The molecule has 2 heterocycles. The van der Waals surface area contributed by atoms with E-state index in [1.807, 2.05) is 30.3 Å². The van der Waals surface area contributed by atoms with Crippen LogP contribution >= 0.6 is 0 Å². The van der Waals surface area contributed by atoms with Crippen LogP contribution in [0, 0.1) is 18.6 Å². The number of benzene rings is 3. The molecule has 0 aliphatic carbocycles. The van der Waals surface area contributed by atoms with E-state index in [0.29, 0.717) is 72.8 Å². The third kappa shape index (κ3) is 6.10. The summed E-state index contributed by atoms with van der Waals surface area (Å²) in [6.45, 7) is 5.60. The Labute approximate surface area is 237 Å². The van der Waals surface area contributed by atoms with Crippen LogP contribution in [0.1, 0.15) is 40.6 Å². The van der Waals surface area contributed by atoms with Gasteiger partial charge in [-0.15, -0.1) is 0 Å². The van der Waals surface area contributed by atoms with E-state index >= 15 is 0 Å². The Kier molecular flexibility index (Phi) is 8.35. The highest BCUT2D eigenvalue weighted by Gasteiger charge is 2.28. The first kappa shape index (κ1) is 28.3. The van der Waals surface area contributed by atoms with Crippen molar-refractivity contribution < 1.29 is 27.5 Å². The summed E-state index contributed by atoms with van der Waals surface area (Å²) in [5.74, 6) is -1.64. The van der Waals surface area contributed by atoms with E-state index in [2.05, 4.69) is 4.90 Å². The number of aryl methyl sites for hydroxylation is 1. The second kappa shape index (κ2) is 12.1. The molecule has 41 heavy (non-hydrogen) atoms. The van der Waals surface area contributed by atoms with Gasteiger partial charge >= 0.3 is 0 Å². The van der Waals surface area contributed by atoms with Gasteiger partial charge in [0.05, 0.1) is 18.4 Å². The second-order valence-electron chi connectivity index (χ2n) is 10.3. The maximum absolute atomic E-state index is 14.6. The quantitative estimate of drug-likeness (QED) is 0.309. The molecule has 9 heteroatoms. The lowest BCUT2D eigenvalue weighted by Crippen LogP contribution is -2.38. The number of hydrogen-bond acceptors (Lipinski definition) is 5. The molecule has 1 aromatic heterocycles. The predicted molar refractivity (Wildman–Crippen MR) is 153 cm³/mol. The lowest BCUT2D eigenvalue weighted by molar-refractivity contribution is -0.116. The van der Waals surface area contributed by atoms with Crippen molar-refractivity contribution in [1.29, 1.82) is 0 Å². The number of halogens is 2. The number of methoxy groups -OCH3 is 1. The van der Waals surface area contributed by atoms with Gasteiger partial charge in [0.2, 0.25) is 5.91 Å². The van der Waals surface area contributed by atoms with Gasteiger partial charge in [0.15, 0.2) is 11.6 Å². The smallest absolute Gasteiger partial charge is 0.258 e. The van der Waals surface area contributed by atoms with Crippen LogP contribution < -0.4 is 9.64 Å². The highest BCUT2D eigenvalue weighted by Crippen LogP contribution is 2.32. The number of hydrogen-bond donors (Lipinski definition) is 0. The van der Waals surface area contributed by atoms with Crippen molar-refractivity contribution in [1.82, 2.24) is 9.80 Å². The number of furan rings is 1. The monoisotopic (exact) mass is 561 g/mol. The van der Waals surface area contributed by atoms with Gasteiger partial charge in [-0.1, -0.05) is 30.3 Å². The van der Waals surface area contributed by atoms with Gasteiger partial charge < -0.3 is 19.0 Å². The predicted octanol–water partition coefficient (Wildman–Crippen LogP) is 5.93. The Hall–Kier alpha value is -4.24. The molecule has 4 aromatic rings. The van der Waals surface area contributed by atoms with Crippen LogP contribution in [0.15, 0.2) is 65.1 Å². The maximum atomic E-state index is 14.6. The molecule has 0 unspecified atom stereocenters. The molecule has 0 saturated carbocycles. The van der Waals surface area contributed by atoms with Crippen molar-refractivity contribution >= 4 is 28.5 Å². The minimum absolute atomic E-state index is 0.0234. The maximum Gasteiger partial charge on any atom is 0.258 e. The molecule has 0 bridgehead atoms. The zero-order valence-corrected chi connectivity index (χ0v) is 23.5. The number of fused-ring (bicyclic) bond motifs is 2. The highest BCUT2D eigenvalue weighted by atomic mass is 19.2. The summed E-state index contributed by atoms with van der Waals surface area (Å²) in [6.07, 6.45) is 0.615. The fourth-order valence-electron chi connectivity index (χ4n) is 5.44. The fraction of sp³-hybridized carbons (Fsp3) is 0.312. The molecule has 1 aliphatic rings. The van der Waals surface area contributed by atoms with Gasteiger partial charge in [0, 0.05) is 57.6 Å². The summed E-state index contributed by atoms with van der Waals surface area (Å²) in [7, 11) is 1.55. The van der Waals surface area contributed by atoms with E-state index in [1.165, 1.54) is 11.8 Å². The van der Waals surface area contributed by atoms with Crippen molar-refractivity contribution in [2.75, 3.05) is 38.2 Å². The summed E-state index contributed by atoms with van der Waals surface area (Å²) in [5.41, 5.74) is 2.68. The molecule has 0 spiro atoms. The van der Waals surface area contributed by atoms with E-state index in [9.17, 15) is 18.4 Å². The van der Waals surface area contributed by atoms with Gasteiger partial charge in [0.25, 0.3) is 5.91 Å². The molecule has 3 aromatic carbocycles. The number of nitrogens with zero attached hydrogens (tertiary/aromatic N) is 3. The van der Waals surface area contributed by atoms with Crippen molar-refractivity contribution in [3.63, 3.8) is 0 Å². The molecular formula is C32H33F2N3O4. The van der Waals surface area contributed by atoms with Gasteiger partial charge in [-0.05, 0) is 48.7 Å². The Morgan fingerprint density at radius 3 is 2.44 bits per heavy atom. The molecule has 0 radical (unpaired) electrons. The fourth-order valence-corrected chi connectivity index (χ4v) is 5.44. The minimum atomic E-state index is -1.04. The summed E-state index contributed by atoms with van der Waals surface area (Å²) in [4.78, 5) is 32.3. The summed E-state index contributed by atoms with van der Waals surface area (Å²) >= 11 is 0. The van der Waals surface area contributed by atoms with Crippen LogP contribution in [0.25, 0.3) is 11.0 Å². The van der Waals surface area contributed by atoms with Crippen molar-refractivity contribution in [2.45, 2.75) is 33.4 Å². The highest BCUT2D eigenvalue weighted by molar-refractivity contribution is 6.07. The van der Waals surface area contributed by atoms with Crippen LogP contribution in [0.5, 0.6) is 5.75 Å². The molecule has 0 N–H and O–H groups in total. The van der Waals surface area contributed by atoms with E-state index in [0.717, 1.165) is 17.7 Å². The van der Waals surface area contributed by atoms with Crippen LogP contribution in [0.2, 0.25) is 0 Å². The van der Waals surface area contributed by atoms with Gasteiger partial charge in [-0.2, -0.15) is 0 Å². The van der Waals surface area contributed by atoms with Gasteiger partial charge in [0.1, 0.15) is 17.1 Å². The molecule has 214 valence electrons. The molecule has 5 rings (SSSR count). The molecule has 0 saturated heterocycles. The average Bonchev–Trinajstić information content (AvgIpc) is 3.27. The van der Waals surface area contributed by atoms with Crippen molar-refractivity contribution in [2.24, 2.45) is 0 Å². The van der Waals surface area contributed by atoms with E-state index < -0.39 is 11.6 Å². The van der Waals surface area contributed by atoms with Gasteiger partial charge in [-0.3, -0.25) is 14.5 Å². The van der Waals surface area contributed by atoms with Gasteiger partial charge in [-0.25, -0.2) is 8.78 Å². The van der Waals surface area contributed by atoms with E-state index in [1.54, 1.807) is 37.1 Å². The van der Waals surface area contributed by atoms with Crippen molar-refractivity contribution in [3.05, 3.63) is 94.7 Å². The molecule has 0 fully saturated rings. The largest absolute Gasteiger partial charge is 0.497 e. The SMILES string of the molecule is COc1ccc2oc(C)c(C(=O)N3CCN(Cc4ccccc4)CCCN(C(C)=O)c4cc(F)c(F)cc4C3)c2c1. The molecular weight excluding hydrogens is 528 g/mol. The molecule has 2 amide bonds. The topological polar surface area (TPSA) is 66.2 Å². The Morgan fingerprint density at radius 1 is 0.951 bits per heavy atom. The average molecular weight is 562 g/mol. The summed E-state index contributed by atoms with van der Waals surface area (Å²) in [5, 5.41) is 0.609. The molecule has 1 aliphatic heterocycles. The minimum Gasteiger partial charge on any atom is -0.497 e. The number of carbonyl (C=O) groups excluding carboxylic acids is 2. The summed E-state index contributed by atoms with van der Waals surface area (Å²) < 4.78 is 40.4. The normalized spacial score (nSPS) is 15.0. The third-order valence-corrected chi connectivity index (χ3v) is 7.52. The first-order chi connectivity index (χ1) is 19.7. The van der Waals surface area contributed by atoms with Crippen LogP contribution in [0.3, 0.4) is 0 Å². The Bertz CT molecular complexity index is 1570. The Balaban J connectivity index is 1.57. The van der Waals surface area contributed by atoms with Crippen molar-refractivity contribution in [3.8, 4) is 5.75 Å². The van der Waals surface area contributed by atoms with Crippen LogP contribution in [-0.4, -0.2) is 54.9 Å². The van der Waals surface area contributed by atoms with E-state index in [4.69, 9.17) is 9.15 Å².